The molecule has 0 amide bonds. The molecule has 0 aliphatic heterocycles. The summed E-state index contributed by atoms with van der Waals surface area (Å²) in [4.78, 5) is 10.1. The van der Waals surface area contributed by atoms with Crippen LogP contribution in [0.25, 0.3) is 10.1 Å². The van der Waals surface area contributed by atoms with Crippen molar-refractivity contribution >= 4 is 27.9 Å². The molecule has 0 saturated carbocycles. The number of benzene rings is 1. The molecule has 1 aromatic heterocycles. The predicted octanol–water partition coefficient (Wildman–Crippen LogP) is 2.44. The van der Waals surface area contributed by atoms with E-state index in [1.54, 1.807) is 11.3 Å². The molecule has 12 heavy (non-hydrogen) atoms. The lowest BCUT2D eigenvalue weighted by atomic mass is 10.2. The van der Waals surface area contributed by atoms with Gasteiger partial charge in [0.15, 0.2) is 0 Å². The Bertz CT molecular complexity index is 406. The molecule has 0 saturated heterocycles. The number of fused-ring (bicyclic) bond motifs is 1. The Hall–Kier alpha value is -1.35. The van der Waals surface area contributed by atoms with Crippen molar-refractivity contribution in [1.82, 2.24) is 0 Å². The van der Waals surface area contributed by atoms with Gasteiger partial charge in [0.1, 0.15) is 5.75 Å². The highest BCUT2D eigenvalue weighted by molar-refractivity contribution is 7.17. The molecule has 0 aliphatic carbocycles. The Morgan fingerprint density at radius 3 is 3.00 bits per heavy atom. The maximum Gasteiger partial charge on any atom is 0.298 e. The van der Waals surface area contributed by atoms with Crippen LogP contribution < -0.4 is 4.74 Å². The van der Waals surface area contributed by atoms with Gasteiger partial charge in [0.25, 0.3) is 6.47 Å². The number of ether oxygens (including phenoxy) is 1. The molecule has 2 aromatic rings. The zero-order valence-electron chi connectivity index (χ0n) is 6.19. The first kappa shape index (κ1) is 7.31. The normalized spacial score (nSPS) is 10.0. The van der Waals surface area contributed by atoms with Crippen LogP contribution in [0.2, 0.25) is 0 Å². The average Bonchev–Trinajstić information content (AvgIpc) is 2.50. The van der Waals surface area contributed by atoms with E-state index in [-0.39, 0.29) is 0 Å². The van der Waals surface area contributed by atoms with Crippen LogP contribution in [0.15, 0.2) is 29.6 Å². The maximum absolute atomic E-state index is 10.1. The lowest BCUT2D eigenvalue weighted by Crippen LogP contribution is -1.85. The summed E-state index contributed by atoms with van der Waals surface area (Å²) in [5.41, 5.74) is 0. The van der Waals surface area contributed by atoms with E-state index in [0.717, 1.165) is 10.1 Å². The number of rotatable bonds is 2. The van der Waals surface area contributed by atoms with Gasteiger partial charge in [-0.15, -0.1) is 11.3 Å². The molecule has 0 radical (unpaired) electrons. The molecule has 3 heteroatoms. The summed E-state index contributed by atoms with van der Waals surface area (Å²) in [6.07, 6.45) is 0. The standard InChI is InChI=1S/C9H6O2S/c10-6-11-8-5-12-9-4-2-1-3-7(8)9/h1-6H. The van der Waals surface area contributed by atoms with Crippen LogP contribution in [-0.4, -0.2) is 6.47 Å². The van der Waals surface area contributed by atoms with Crippen molar-refractivity contribution in [2.75, 3.05) is 0 Å². The van der Waals surface area contributed by atoms with Crippen molar-refractivity contribution in [1.29, 1.82) is 0 Å². The van der Waals surface area contributed by atoms with Crippen molar-refractivity contribution in [3.05, 3.63) is 29.6 Å². The number of hydrogen-bond acceptors (Lipinski definition) is 3. The third-order valence-corrected chi connectivity index (χ3v) is 2.56. The molecule has 1 heterocycles. The summed E-state index contributed by atoms with van der Waals surface area (Å²) in [5.74, 6) is 0.644. The zero-order chi connectivity index (χ0) is 8.39. The minimum Gasteiger partial charge on any atom is -0.427 e. The van der Waals surface area contributed by atoms with Gasteiger partial charge in [-0.25, -0.2) is 0 Å². The quantitative estimate of drug-likeness (QED) is 0.660. The van der Waals surface area contributed by atoms with E-state index >= 15 is 0 Å². The van der Waals surface area contributed by atoms with Crippen molar-refractivity contribution in [3.63, 3.8) is 0 Å². The van der Waals surface area contributed by atoms with E-state index in [1.807, 2.05) is 29.6 Å². The molecule has 0 unspecified atom stereocenters. The fraction of sp³-hybridized carbons (Fsp3) is 0. The molecule has 2 rings (SSSR count). The van der Waals surface area contributed by atoms with Crippen molar-refractivity contribution in [3.8, 4) is 5.75 Å². The van der Waals surface area contributed by atoms with Gasteiger partial charge in [-0.1, -0.05) is 12.1 Å². The van der Waals surface area contributed by atoms with Crippen molar-refractivity contribution in [2.24, 2.45) is 0 Å². The molecule has 1 aromatic carbocycles. The summed E-state index contributed by atoms with van der Waals surface area (Å²) < 4.78 is 5.92. The molecular formula is C9H6O2S. The highest BCUT2D eigenvalue weighted by Gasteiger charge is 2.02. The summed E-state index contributed by atoms with van der Waals surface area (Å²) in [6.45, 7) is 0.453. The summed E-state index contributed by atoms with van der Waals surface area (Å²) in [5, 5.41) is 2.83. The van der Waals surface area contributed by atoms with E-state index < -0.39 is 0 Å². The number of carbonyl (C=O) groups excluding carboxylic acids is 1. The second-order valence-electron chi connectivity index (χ2n) is 2.31. The van der Waals surface area contributed by atoms with Gasteiger partial charge in [0.05, 0.1) is 0 Å². The van der Waals surface area contributed by atoms with Gasteiger partial charge in [-0.05, 0) is 12.1 Å². The molecule has 0 atom stereocenters. The minimum absolute atomic E-state index is 0.453. The van der Waals surface area contributed by atoms with Crippen LogP contribution in [0.5, 0.6) is 5.75 Å². The molecular weight excluding hydrogens is 172 g/mol. The monoisotopic (exact) mass is 178 g/mol. The summed E-state index contributed by atoms with van der Waals surface area (Å²) in [6, 6.07) is 7.82. The largest absolute Gasteiger partial charge is 0.427 e. The second kappa shape index (κ2) is 2.95. The molecule has 0 N–H and O–H groups in total. The van der Waals surface area contributed by atoms with Gasteiger partial charge in [-0.3, -0.25) is 4.79 Å². The SMILES string of the molecule is O=COc1csc2ccccc12. The fourth-order valence-corrected chi connectivity index (χ4v) is 1.97. The van der Waals surface area contributed by atoms with Crippen LogP contribution in [-0.2, 0) is 4.79 Å². The fourth-order valence-electron chi connectivity index (χ4n) is 1.10. The topological polar surface area (TPSA) is 26.3 Å². The van der Waals surface area contributed by atoms with Crippen LogP contribution in [0.3, 0.4) is 0 Å². The molecule has 0 spiro atoms. The molecule has 0 bridgehead atoms. The Morgan fingerprint density at radius 2 is 2.17 bits per heavy atom. The van der Waals surface area contributed by atoms with Crippen LogP contribution in [0, 0.1) is 0 Å². The summed E-state index contributed by atoms with van der Waals surface area (Å²) in [7, 11) is 0. The molecule has 2 nitrogen and oxygen atoms in total. The molecule has 60 valence electrons. The third-order valence-electron chi connectivity index (χ3n) is 1.62. The van der Waals surface area contributed by atoms with Gasteiger partial charge in [0, 0.05) is 15.5 Å². The lowest BCUT2D eigenvalue weighted by Gasteiger charge is -1.92. The van der Waals surface area contributed by atoms with Crippen molar-refractivity contribution in [2.45, 2.75) is 0 Å². The molecule has 0 aliphatic rings. The van der Waals surface area contributed by atoms with Crippen LogP contribution >= 0.6 is 11.3 Å². The highest BCUT2D eigenvalue weighted by atomic mass is 32.1. The number of hydrogen-bond donors (Lipinski definition) is 0. The van der Waals surface area contributed by atoms with Gasteiger partial charge in [0.2, 0.25) is 0 Å². The van der Waals surface area contributed by atoms with Crippen molar-refractivity contribution < 1.29 is 9.53 Å². The van der Waals surface area contributed by atoms with E-state index in [4.69, 9.17) is 4.74 Å². The second-order valence-corrected chi connectivity index (χ2v) is 3.22. The van der Waals surface area contributed by atoms with E-state index in [9.17, 15) is 4.79 Å². The first-order chi connectivity index (χ1) is 5.92. The number of thiophene rings is 1. The highest BCUT2D eigenvalue weighted by Crippen LogP contribution is 2.31. The predicted molar refractivity (Wildman–Crippen MR) is 48.5 cm³/mol. The lowest BCUT2D eigenvalue weighted by molar-refractivity contribution is -0.120. The Balaban J connectivity index is 2.62. The summed E-state index contributed by atoms with van der Waals surface area (Å²) >= 11 is 1.57. The smallest absolute Gasteiger partial charge is 0.298 e. The van der Waals surface area contributed by atoms with Crippen LogP contribution in [0.4, 0.5) is 0 Å². The van der Waals surface area contributed by atoms with Gasteiger partial charge in [-0.2, -0.15) is 0 Å². The van der Waals surface area contributed by atoms with Gasteiger partial charge < -0.3 is 4.74 Å². The van der Waals surface area contributed by atoms with E-state index in [0.29, 0.717) is 12.2 Å². The first-order valence-corrected chi connectivity index (χ1v) is 4.36. The van der Waals surface area contributed by atoms with Crippen LogP contribution in [0.1, 0.15) is 0 Å². The maximum atomic E-state index is 10.1. The zero-order valence-corrected chi connectivity index (χ0v) is 7.01. The number of carbonyl (C=O) groups is 1. The Morgan fingerprint density at radius 1 is 1.33 bits per heavy atom. The minimum atomic E-state index is 0.453. The van der Waals surface area contributed by atoms with E-state index in [1.165, 1.54) is 0 Å². The average molecular weight is 178 g/mol. The Kier molecular flexibility index (Phi) is 1.80. The first-order valence-electron chi connectivity index (χ1n) is 3.48. The third kappa shape index (κ3) is 1.08. The van der Waals surface area contributed by atoms with E-state index in [2.05, 4.69) is 0 Å². The molecule has 0 fully saturated rings. The Labute approximate surface area is 73.4 Å². The van der Waals surface area contributed by atoms with Gasteiger partial charge >= 0.3 is 0 Å².